The predicted octanol–water partition coefficient (Wildman–Crippen LogP) is 1.51. The molecule has 2 aromatic rings. The Morgan fingerprint density at radius 3 is 2.35 bits per heavy atom. The van der Waals surface area contributed by atoms with Crippen molar-refractivity contribution in [2.45, 2.75) is 0 Å². The summed E-state index contributed by atoms with van der Waals surface area (Å²) in [5.41, 5.74) is 0.735. The molecule has 0 aliphatic carbocycles. The average molecular weight is 374 g/mol. The summed E-state index contributed by atoms with van der Waals surface area (Å²) < 4.78 is 4.81. The van der Waals surface area contributed by atoms with Crippen LogP contribution in [0.25, 0.3) is 0 Å². The first-order valence-electron chi connectivity index (χ1n) is 7.48. The molecule has 0 unspecified atom stereocenters. The highest BCUT2D eigenvalue weighted by Crippen LogP contribution is 2.22. The number of ether oxygens (including phenoxy) is 1. The Kier molecular flexibility index (Phi) is 4.94. The third kappa shape index (κ3) is 3.55. The third-order valence-corrected chi connectivity index (χ3v) is 3.86. The standard InChI is InChI=1S/C17H12ClN3O5/c18-15-12(6-3-7-19-15)20-13(22)9-26-14(23)8-21-16(24)10-4-1-2-5-11(10)17(21)25/h1-7H,8-9H2,(H,20,22). The van der Waals surface area contributed by atoms with Crippen molar-refractivity contribution < 1.29 is 23.9 Å². The summed E-state index contributed by atoms with van der Waals surface area (Å²) in [6.45, 7) is -1.17. The van der Waals surface area contributed by atoms with Crippen molar-refractivity contribution in [2.75, 3.05) is 18.5 Å². The predicted molar refractivity (Wildman–Crippen MR) is 90.6 cm³/mol. The van der Waals surface area contributed by atoms with E-state index >= 15 is 0 Å². The number of esters is 1. The number of halogens is 1. The number of nitrogens with one attached hydrogen (secondary N) is 1. The maximum atomic E-state index is 12.2. The van der Waals surface area contributed by atoms with Crippen LogP contribution in [0.1, 0.15) is 20.7 Å². The summed E-state index contributed by atoms with van der Waals surface area (Å²) in [6.07, 6.45) is 1.46. The number of pyridine rings is 1. The van der Waals surface area contributed by atoms with Gasteiger partial charge in [-0.2, -0.15) is 0 Å². The molecule has 8 nitrogen and oxygen atoms in total. The Bertz CT molecular complexity index is 880. The molecule has 132 valence electrons. The van der Waals surface area contributed by atoms with Crippen molar-refractivity contribution in [3.05, 3.63) is 58.9 Å². The molecule has 1 aromatic heterocycles. The van der Waals surface area contributed by atoms with Gasteiger partial charge in [0.15, 0.2) is 11.8 Å². The van der Waals surface area contributed by atoms with Gasteiger partial charge in [0.25, 0.3) is 17.7 Å². The van der Waals surface area contributed by atoms with Gasteiger partial charge in [-0.3, -0.25) is 24.1 Å². The van der Waals surface area contributed by atoms with E-state index in [1.54, 1.807) is 18.2 Å². The van der Waals surface area contributed by atoms with E-state index in [1.165, 1.54) is 24.4 Å². The fraction of sp³-hybridized carbons (Fsp3) is 0.118. The molecule has 0 saturated carbocycles. The first-order valence-corrected chi connectivity index (χ1v) is 7.86. The summed E-state index contributed by atoms with van der Waals surface area (Å²) in [7, 11) is 0. The van der Waals surface area contributed by atoms with Gasteiger partial charge in [-0.1, -0.05) is 23.7 Å². The molecule has 26 heavy (non-hydrogen) atoms. The second-order valence-electron chi connectivity index (χ2n) is 5.29. The van der Waals surface area contributed by atoms with E-state index in [0.717, 1.165) is 4.90 Å². The van der Waals surface area contributed by atoms with E-state index in [2.05, 4.69) is 10.3 Å². The summed E-state index contributed by atoms with van der Waals surface area (Å²) in [4.78, 5) is 52.6. The molecule has 3 rings (SSSR count). The van der Waals surface area contributed by atoms with Crippen LogP contribution >= 0.6 is 11.6 Å². The molecule has 0 atom stereocenters. The van der Waals surface area contributed by atoms with Crippen molar-refractivity contribution in [1.29, 1.82) is 0 Å². The van der Waals surface area contributed by atoms with Gasteiger partial charge in [0.05, 0.1) is 16.8 Å². The van der Waals surface area contributed by atoms with Crippen molar-refractivity contribution in [2.24, 2.45) is 0 Å². The first kappa shape index (κ1) is 17.6. The number of benzene rings is 1. The Hall–Kier alpha value is -3.26. The smallest absolute Gasteiger partial charge is 0.326 e. The van der Waals surface area contributed by atoms with Crippen LogP contribution in [0.4, 0.5) is 5.69 Å². The monoisotopic (exact) mass is 373 g/mol. The highest BCUT2D eigenvalue weighted by molar-refractivity contribution is 6.32. The highest BCUT2D eigenvalue weighted by Gasteiger charge is 2.36. The lowest BCUT2D eigenvalue weighted by molar-refractivity contribution is -0.147. The van der Waals surface area contributed by atoms with Gasteiger partial charge in [-0.15, -0.1) is 0 Å². The molecule has 0 saturated heterocycles. The molecule has 1 aromatic carbocycles. The Morgan fingerprint density at radius 1 is 1.08 bits per heavy atom. The molecule has 0 radical (unpaired) electrons. The molecule has 2 heterocycles. The van der Waals surface area contributed by atoms with Crippen LogP contribution < -0.4 is 5.32 Å². The van der Waals surface area contributed by atoms with E-state index in [0.29, 0.717) is 0 Å². The normalized spacial score (nSPS) is 12.7. The van der Waals surface area contributed by atoms with E-state index in [-0.39, 0.29) is 22.0 Å². The molecular weight excluding hydrogens is 362 g/mol. The minimum Gasteiger partial charge on any atom is -0.454 e. The number of fused-ring (bicyclic) bond motifs is 1. The molecule has 3 amide bonds. The van der Waals surface area contributed by atoms with Crippen LogP contribution in [0.2, 0.25) is 5.15 Å². The van der Waals surface area contributed by atoms with E-state index in [9.17, 15) is 19.2 Å². The zero-order valence-electron chi connectivity index (χ0n) is 13.3. The molecule has 1 aliphatic heterocycles. The first-order chi connectivity index (χ1) is 12.5. The fourth-order valence-electron chi connectivity index (χ4n) is 2.37. The largest absolute Gasteiger partial charge is 0.454 e. The summed E-state index contributed by atoms with van der Waals surface area (Å²) in [6, 6.07) is 9.38. The van der Waals surface area contributed by atoms with Gasteiger partial charge in [0, 0.05) is 6.20 Å². The molecule has 0 bridgehead atoms. The van der Waals surface area contributed by atoms with Gasteiger partial charge in [0.2, 0.25) is 0 Å². The second-order valence-corrected chi connectivity index (χ2v) is 5.65. The lowest BCUT2D eigenvalue weighted by atomic mass is 10.1. The lowest BCUT2D eigenvalue weighted by Crippen LogP contribution is -2.36. The molecule has 1 N–H and O–H groups in total. The average Bonchev–Trinajstić information content (AvgIpc) is 2.87. The van der Waals surface area contributed by atoms with Gasteiger partial charge < -0.3 is 10.1 Å². The molecule has 0 spiro atoms. The minimum atomic E-state index is -0.882. The summed E-state index contributed by atoms with van der Waals surface area (Å²) >= 11 is 5.81. The van der Waals surface area contributed by atoms with Crippen LogP contribution in [0.15, 0.2) is 42.6 Å². The van der Waals surface area contributed by atoms with E-state index in [4.69, 9.17) is 16.3 Å². The maximum Gasteiger partial charge on any atom is 0.326 e. The number of carbonyl (C=O) groups is 4. The zero-order chi connectivity index (χ0) is 18.7. The van der Waals surface area contributed by atoms with Gasteiger partial charge in [0.1, 0.15) is 6.54 Å². The Balaban J connectivity index is 1.54. The third-order valence-electron chi connectivity index (χ3n) is 3.56. The summed E-state index contributed by atoms with van der Waals surface area (Å²) in [5, 5.41) is 2.53. The Morgan fingerprint density at radius 2 is 1.73 bits per heavy atom. The number of nitrogens with zero attached hydrogens (tertiary/aromatic N) is 2. The lowest BCUT2D eigenvalue weighted by Gasteiger charge is -2.13. The highest BCUT2D eigenvalue weighted by atomic mass is 35.5. The number of carbonyl (C=O) groups excluding carboxylic acids is 4. The van der Waals surface area contributed by atoms with Gasteiger partial charge >= 0.3 is 5.97 Å². The maximum absolute atomic E-state index is 12.2. The SMILES string of the molecule is O=C(COC(=O)CN1C(=O)c2ccccc2C1=O)Nc1cccnc1Cl. The van der Waals surface area contributed by atoms with E-state index in [1.807, 2.05) is 0 Å². The molecule has 1 aliphatic rings. The zero-order valence-corrected chi connectivity index (χ0v) is 14.0. The van der Waals surface area contributed by atoms with Gasteiger partial charge in [-0.25, -0.2) is 4.98 Å². The molecular formula is C17H12ClN3O5. The number of hydrogen-bond donors (Lipinski definition) is 1. The van der Waals surface area contributed by atoms with Crippen LogP contribution in [0.5, 0.6) is 0 Å². The summed E-state index contributed by atoms with van der Waals surface area (Å²) in [5.74, 6) is -2.66. The van der Waals surface area contributed by atoms with Crippen LogP contribution in [-0.2, 0) is 14.3 Å². The molecule has 9 heteroatoms. The van der Waals surface area contributed by atoms with Crippen molar-refractivity contribution in [3.8, 4) is 0 Å². The van der Waals surface area contributed by atoms with Gasteiger partial charge in [-0.05, 0) is 24.3 Å². The van der Waals surface area contributed by atoms with Crippen LogP contribution in [0, 0.1) is 0 Å². The number of imide groups is 1. The van der Waals surface area contributed by atoms with Crippen molar-refractivity contribution >= 4 is 41.0 Å². The quantitative estimate of drug-likeness (QED) is 0.484. The number of anilines is 1. The molecule has 0 fully saturated rings. The minimum absolute atomic E-state index is 0.0956. The van der Waals surface area contributed by atoms with Crippen LogP contribution in [-0.4, -0.2) is 46.7 Å². The number of amides is 3. The van der Waals surface area contributed by atoms with Crippen LogP contribution in [0.3, 0.4) is 0 Å². The van der Waals surface area contributed by atoms with E-state index < -0.39 is 36.8 Å². The number of rotatable bonds is 5. The number of hydrogen-bond acceptors (Lipinski definition) is 6. The second kappa shape index (κ2) is 7.32. The topological polar surface area (TPSA) is 106 Å². The number of aromatic nitrogens is 1. The van der Waals surface area contributed by atoms with Crippen molar-refractivity contribution in [1.82, 2.24) is 9.88 Å². The van der Waals surface area contributed by atoms with Crippen molar-refractivity contribution in [3.63, 3.8) is 0 Å². The fourth-order valence-corrected chi connectivity index (χ4v) is 2.54. The Labute approximate surface area is 152 Å².